The number of ether oxygens (including phenoxy) is 2. The van der Waals surface area contributed by atoms with Crippen molar-refractivity contribution >= 4 is 34.0 Å². The van der Waals surface area contributed by atoms with Crippen LogP contribution in [0.4, 0.5) is 5.00 Å². The number of anilines is 1. The van der Waals surface area contributed by atoms with Crippen LogP contribution in [0.5, 0.6) is 5.75 Å². The average molecular weight is 593 g/mol. The highest BCUT2D eigenvalue weighted by molar-refractivity contribution is 7.20. The average Bonchev–Trinajstić information content (AvgIpc) is 3.73. The molecular weight excluding hydrogens is 556 g/mol. The van der Waals surface area contributed by atoms with Gasteiger partial charge in [0.2, 0.25) is 11.8 Å². The lowest BCUT2D eigenvalue weighted by molar-refractivity contribution is -0.148. The van der Waals surface area contributed by atoms with Gasteiger partial charge in [-0.3, -0.25) is 19.3 Å². The van der Waals surface area contributed by atoms with Gasteiger partial charge in [-0.25, -0.2) is 4.98 Å². The van der Waals surface area contributed by atoms with Crippen molar-refractivity contribution in [2.75, 3.05) is 18.6 Å². The van der Waals surface area contributed by atoms with Crippen LogP contribution in [0.25, 0.3) is 10.8 Å². The fourth-order valence-corrected chi connectivity index (χ4v) is 8.24. The first-order valence-electron chi connectivity index (χ1n) is 14.6. The maximum absolute atomic E-state index is 14.6. The number of methoxy groups -OCH3 is 1. The summed E-state index contributed by atoms with van der Waals surface area (Å²) in [6, 6.07) is 7.66. The summed E-state index contributed by atoms with van der Waals surface area (Å²) in [7, 11) is 1.62. The molecule has 10 heteroatoms. The van der Waals surface area contributed by atoms with Crippen LogP contribution >= 0.6 is 11.3 Å². The molecule has 2 saturated carbocycles. The van der Waals surface area contributed by atoms with Gasteiger partial charge in [0.1, 0.15) is 28.5 Å². The molecule has 3 unspecified atom stereocenters. The summed E-state index contributed by atoms with van der Waals surface area (Å²) in [5.41, 5.74) is -0.682. The Kier molecular flexibility index (Phi) is 7.47. The van der Waals surface area contributed by atoms with Crippen molar-refractivity contribution in [3.05, 3.63) is 53.4 Å². The molecule has 3 aliphatic rings. The van der Waals surface area contributed by atoms with Crippen molar-refractivity contribution in [2.24, 2.45) is 10.8 Å². The number of carboxylic acid groups (broad SMARTS) is 1. The van der Waals surface area contributed by atoms with Crippen LogP contribution in [0.2, 0.25) is 0 Å². The highest BCUT2D eigenvalue weighted by atomic mass is 32.1. The third kappa shape index (κ3) is 4.65. The number of thiophene rings is 1. The zero-order valence-electron chi connectivity index (χ0n) is 24.2. The van der Waals surface area contributed by atoms with Crippen molar-refractivity contribution < 1.29 is 33.4 Å². The van der Waals surface area contributed by atoms with E-state index < -0.39 is 22.9 Å². The van der Waals surface area contributed by atoms with Gasteiger partial charge in [-0.1, -0.05) is 37.5 Å². The largest absolute Gasteiger partial charge is 0.496 e. The Morgan fingerprint density at radius 2 is 1.98 bits per heavy atom. The van der Waals surface area contributed by atoms with Crippen molar-refractivity contribution in [3.63, 3.8) is 0 Å². The molecule has 1 spiro atoms. The predicted octanol–water partition coefficient (Wildman–Crippen LogP) is 6.60. The van der Waals surface area contributed by atoms with Crippen LogP contribution in [0.3, 0.4) is 0 Å². The third-order valence-electron chi connectivity index (χ3n) is 9.37. The molecular formula is C32H36N2O7S. The minimum atomic E-state index is -1.46. The molecule has 222 valence electrons. The van der Waals surface area contributed by atoms with Crippen molar-refractivity contribution in [3.8, 4) is 16.5 Å². The minimum absolute atomic E-state index is 0.0401. The number of para-hydroxylation sites is 1. The molecule has 0 bridgehead atoms. The van der Waals surface area contributed by atoms with Crippen LogP contribution in [-0.4, -0.2) is 47.5 Å². The van der Waals surface area contributed by atoms with Crippen LogP contribution < -0.4 is 9.64 Å². The van der Waals surface area contributed by atoms with E-state index >= 15 is 0 Å². The molecule has 2 aromatic heterocycles. The lowest BCUT2D eigenvalue weighted by Crippen LogP contribution is -2.53. The molecule has 0 radical (unpaired) electrons. The van der Waals surface area contributed by atoms with Crippen LogP contribution in [0, 0.1) is 17.8 Å². The number of amides is 1. The number of rotatable bonds is 8. The maximum Gasteiger partial charge on any atom is 0.309 e. The summed E-state index contributed by atoms with van der Waals surface area (Å²) >= 11 is 1.30. The number of benzene rings is 1. The number of hydrogen-bond acceptors (Lipinski definition) is 8. The molecule has 1 aromatic carbocycles. The Labute approximate surface area is 248 Å². The summed E-state index contributed by atoms with van der Waals surface area (Å²) in [4.78, 5) is 47.9. The third-order valence-corrected chi connectivity index (χ3v) is 10.7. The summed E-state index contributed by atoms with van der Waals surface area (Å²) in [6.45, 7) is 3.63. The van der Waals surface area contributed by atoms with E-state index in [1.807, 2.05) is 31.2 Å². The number of fused-ring (bicyclic) bond motifs is 1. The quantitative estimate of drug-likeness (QED) is 0.291. The number of carboxylic acids is 1. The molecule has 3 heterocycles. The lowest BCUT2D eigenvalue weighted by atomic mass is 9.72. The van der Waals surface area contributed by atoms with Crippen LogP contribution in [-0.2, 0) is 14.3 Å². The molecule has 2 fully saturated rings. The van der Waals surface area contributed by atoms with E-state index in [4.69, 9.17) is 13.9 Å². The van der Waals surface area contributed by atoms with E-state index in [0.29, 0.717) is 32.6 Å². The minimum Gasteiger partial charge on any atom is -0.496 e. The standard InChI is InChI=1S/C32H36N2O7S/c1-19-24-26(35)32(14-13-31(2,18-32)30(37)38)29(36)34(28(24)42-25(19)27-33-15-16-40-27)17-23(41-20-9-5-4-6-10-20)21-11-7-8-12-22(21)39-3/h7-8,11-12,15-16,20,23H,4-6,9-10,13-14,17-18H2,1-3H3,(H,37,38). The number of oxazole rings is 1. The first-order chi connectivity index (χ1) is 20.2. The van der Waals surface area contributed by atoms with Crippen molar-refractivity contribution in [2.45, 2.75) is 77.4 Å². The Morgan fingerprint density at radius 3 is 2.64 bits per heavy atom. The molecule has 6 rings (SSSR count). The van der Waals surface area contributed by atoms with Gasteiger partial charge in [-0.05, 0) is 57.6 Å². The van der Waals surface area contributed by atoms with E-state index in [1.54, 1.807) is 25.1 Å². The maximum atomic E-state index is 14.6. The highest BCUT2D eigenvalue weighted by Gasteiger charge is 2.62. The van der Waals surface area contributed by atoms with Gasteiger partial charge in [0.05, 0.1) is 41.8 Å². The monoisotopic (exact) mass is 592 g/mol. The van der Waals surface area contributed by atoms with Gasteiger partial charge in [-0.15, -0.1) is 11.3 Å². The summed E-state index contributed by atoms with van der Waals surface area (Å²) in [5, 5.41) is 10.6. The SMILES string of the molecule is COc1ccccc1C(CN1C(=O)C2(CCC(C)(C(=O)O)C2)C(=O)c2c1sc(-c1ncco1)c2C)OC1CCCCC1. The van der Waals surface area contributed by atoms with Crippen LogP contribution in [0.1, 0.15) is 85.9 Å². The summed E-state index contributed by atoms with van der Waals surface area (Å²) < 4.78 is 18.1. The van der Waals surface area contributed by atoms with E-state index in [0.717, 1.165) is 31.2 Å². The molecule has 1 amide bonds. The number of hydrogen-bond donors (Lipinski definition) is 1. The van der Waals surface area contributed by atoms with E-state index in [2.05, 4.69) is 4.98 Å². The molecule has 9 nitrogen and oxygen atoms in total. The van der Waals surface area contributed by atoms with E-state index in [-0.39, 0.29) is 43.6 Å². The second kappa shape index (κ2) is 11.0. The first kappa shape index (κ1) is 28.6. The molecule has 0 saturated heterocycles. The van der Waals surface area contributed by atoms with Crippen LogP contribution in [0.15, 0.2) is 41.1 Å². The van der Waals surface area contributed by atoms with Gasteiger partial charge < -0.3 is 19.0 Å². The normalized spacial score (nSPS) is 25.2. The summed E-state index contributed by atoms with van der Waals surface area (Å²) in [6.07, 6.45) is 8.15. The molecule has 42 heavy (non-hydrogen) atoms. The zero-order valence-corrected chi connectivity index (χ0v) is 25.0. The first-order valence-corrected chi connectivity index (χ1v) is 15.4. The topological polar surface area (TPSA) is 119 Å². The number of Topliss-reactive ketones (excluding diaryl/α,β-unsaturated/α-hetero) is 1. The smallest absolute Gasteiger partial charge is 0.309 e. The number of carbonyl (C=O) groups is 3. The van der Waals surface area contributed by atoms with Gasteiger partial charge in [-0.2, -0.15) is 0 Å². The molecule has 3 atom stereocenters. The fourth-order valence-electron chi connectivity index (χ4n) is 6.99. The molecule has 1 aliphatic heterocycles. The van der Waals surface area contributed by atoms with Gasteiger partial charge in [0.15, 0.2) is 5.78 Å². The van der Waals surface area contributed by atoms with Gasteiger partial charge in [0, 0.05) is 5.56 Å². The second-order valence-corrected chi connectivity index (χ2v) is 13.1. The number of carbonyl (C=O) groups excluding carboxylic acids is 2. The highest BCUT2D eigenvalue weighted by Crippen LogP contribution is 2.58. The number of aromatic nitrogens is 1. The number of aliphatic carboxylic acids is 1. The zero-order chi connectivity index (χ0) is 29.6. The van der Waals surface area contributed by atoms with Crippen molar-refractivity contribution in [1.82, 2.24) is 4.98 Å². The number of ketones is 1. The van der Waals surface area contributed by atoms with Crippen molar-refractivity contribution in [1.29, 1.82) is 0 Å². The molecule has 1 N–H and O–H groups in total. The van der Waals surface area contributed by atoms with E-state index in [9.17, 15) is 19.5 Å². The Hall–Kier alpha value is -3.50. The number of nitrogens with zero attached hydrogens (tertiary/aromatic N) is 2. The molecule has 2 aliphatic carbocycles. The Bertz CT molecular complexity index is 1510. The lowest BCUT2D eigenvalue weighted by Gasteiger charge is -2.40. The van der Waals surface area contributed by atoms with E-state index in [1.165, 1.54) is 24.0 Å². The summed E-state index contributed by atoms with van der Waals surface area (Å²) in [5.74, 6) is -0.624. The van der Waals surface area contributed by atoms with Gasteiger partial charge >= 0.3 is 5.97 Å². The fraction of sp³-hybridized carbons (Fsp3) is 0.500. The molecule has 3 aromatic rings. The van der Waals surface area contributed by atoms with Gasteiger partial charge in [0.25, 0.3) is 0 Å². The Balaban J connectivity index is 1.48. The predicted molar refractivity (Wildman–Crippen MR) is 157 cm³/mol. The second-order valence-electron chi connectivity index (χ2n) is 12.1. The Morgan fingerprint density at radius 1 is 1.21 bits per heavy atom.